The first-order valence-corrected chi connectivity index (χ1v) is 12.0. The molecule has 0 bridgehead atoms. The van der Waals surface area contributed by atoms with Gasteiger partial charge >= 0.3 is 6.18 Å². The van der Waals surface area contributed by atoms with Crippen molar-refractivity contribution in [3.8, 4) is 0 Å². The summed E-state index contributed by atoms with van der Waals surface area (Å²) in [5.74, 6) is -0.292. The van der Waals surface area contributed by atoms with Crippen molar-refractivity contribution in [1.29, 1.82) is 0 Å². The van der Waals surface area contributed by atoms with Crippen LogP contribution in [0.2, 0.25) is 0 Å². The molecular formula is C29H27F3N2O. The predicted molar refractivity (Wildman–Crippen MR) is 131 cm³/mol. The van der Waals surface area contributed by atoms with Crippen LogP contribution in [0, 0.1) is 0 Å². The highest BCUT2D eigenvalue weighted by atomic mass is 19.4. The number of benzene rings is 3. The van der Waals surface area contributed by atoms with Crippen LogP contribution in [0.4, 0.5) is 13.2 Å². The predicted octanol–water partition coefficient (Wildman–Crippen LogP) is 6.85. The summed E-state index contributed by atoms with van der Waals surface area (Å²) >= 11 is 0. The minimum Gasteiger partial charge on any atom is -0.343 e. The third-order valence-electron chi connectivity index (χ3n) is 6.87. The number of likely N-dealkylation sites (tertiary alicyclic amines) is 1. The summed E-state index contributed by atoms with van der Waals surface area (Å²) in [5.41, 5.74) is 3.19. The number of rotatable bonds is 6. The van der Waals surface area contributed by atoms with E-state index in [4.69, 9.17) is 0 Å². The van der Waals surface area contributed by atoms with E-state index < -0.39 is 11.7 Å². The zero-order valence-corrected chi connectivity index (χ0v) is 19.3. The Labute approximate surface area is 202 Å². The smallest absolute Gasteiger partial charge is 0.343 e. The number of aromatic nitrogens is 1. The number of carbonyl (C=O) groups excluding carboxylic acids is 1. The second-order valence-electron chi connectivity index (χ2n) is 9.18. The highest BCUT2D eigenvalue weighted by Crippen LogP contribution is 2.37. The van der Waals surface area contributed by atoms with Gasteiger partial charge in [-0.2, -0.15) is 13.2 Å². The second kappa shape index (κ2) is 9.61. The Balaban J connectivity index is 1.57. The SMILES string of the molecule is O=C(C[C@H](c1ccc(C(F)(F)F)cc1)c1cn(Cc2ccccc2)c2ccccc12)N1CCCC1. The number of amides is 1. The van der Waals surface area contributed by atoms with Gasteiger partial charge in [0, 0.05) is 49.1 Å². The fourth-order valence-electron chi connectivity index (χ4n) is 5.05. The van der Waals surface area contributed by atoms with Crippen molar-refractivity contribution in [2.24, 2.45) is 0 Å². The molecule has 180 valence electrons. The van der Waals surface area contributed by atoms with E-state index in [-0.39, 0.29) is 18.2 Å². The van der Waals surface area contributed by atoms with Crippen LogP contribution < -0.4 is 0 Å². The Bertz CT molecular complexity index is 1300. The van der Waals surface area contributed by atoms with E-state index in [1.807, 2.05) is 47.4 Å². The molecule has 0 radical (unpaired) electrons. The topological polar surface area (TPSA) is 25.2 Å². The summed E-state index contributed by atoms with van der Waals surface area (Å²) < 4.78 is 41.8. The van der Waals surface area contributed by atoms with Crippen molar-refractivity contribution in [2.45, 2.75) is 37.9 Å². The summed E-state index contributed by atoms with van der Waals surface area (Å²) in [6.45, 7) is 2.16. The number of hydrogen-bond donors (Lipinski definition) is 0. The Morgan fingerprint density at radius 2 is 1.51 bits per heavy atom. The second-order valence-corrected chi connectivity index (χ2v) is 9.18. The van der Waals surface area contributed by atoms with E-state index in [9.17, 15) is 18.0 Å². The zero-order valence-electron chi connectivity index (χ0n) is 19.3. The van der Waals surface area contributed by atoms with Crippen molar-refractivity contribution < 1.29 is 18.0 Å². The molecule has 0 unspecified atom stereocenters. The lowest BCUT2D eigenvalue weighted by atomic mass is 9.87. The van der Waals surface area contributed by atoms with Crippen molar-refractivity contribution >= 4 is 16.8 Å². The van der Waals surface area contributed by atoms with Crippen LogP contribution in [0.25, 0.3) is 10.9 Å². The Hall–Kier alpha value is -3.54. The maximum Gasteiger partial charge on any atom is 0.416 e. The Morgan fingerprint density at radius 3 is 2.20 bits per heavy atom. The molecule has 4 aromatic rings. The molecule has 6 heteroatoms. The molecule has 1 saturated heterocycles. The van der Waals surface area contributed by atoms with E-state index in [1.165, 1.54) is 12.1 Å². The van der Waals surface area contributed by atoms with Gasteiger partial charge in [0.05, 0.1) is 5.56 Å². The first-order valence-electron chi connectivity index (χ1n) is 12.0. The summed E-state index contributed by atoms with van der Waals surface area (Å²) in [4.78, 5) is 15.1. The molecule has 1 amide bonds. The van der Waals surface area contributed by atoms with E-state index in [1.54, 1.807) is 0 Å². The van der Waals surface area contributed by atoms with Gasteiger partial charge in [-0.3, -0.25) is 4.79 Å². The summed E-state index contributed by atoms with van der Waals surface area (Å²) in [7, 11) is 0. The fraction of sp³-hybridized carbons (Fsp3) is 0.276. The number of alkyl halides is 3. The molecule has 5 rings (SSSR count). The molecule has 0 aliphatic carbocycles. The minimum atomic E-state index is -4.40. The molecule has 1 aliphatic rings. The Morgan fingerprint density at radius 1 is 0.857 bits per heavy atom. The standard InChI is InChI=1S/C29H27F3N2O/c30-29(31,32)23-14-12-22(13-15-23)25(18-28(35)33-16-6-7-17-33)26-20-34(19-21-8-2-1-3-9-21)27-11-5-4-10-24(26)27/h1-5,8-15,20,25H,6-7,16-19H2/t25-/m1/s1. The van der Waals surface area contributed by atoms with E-state index in [0.717, 1.165) is 60.1 Å². The van der Waals surface area contributed by atoms with Crippen LogP contribution in [0.3, 0.4) is 0 Å². The van der Waals surface area contributed by atoms with Gasteiger partial charge < -0.3 is 9.47 Å². The van der Waals surface area contributed by atoms with Crippen LogP contribution in [-0.4, -0.2) is 28.5 Å². The van der Waals surface area contributed by atoms with Gasteiger partial charge in [0.25, 0.3) is 0 Å². The maximum absolute atomic E-state index is 13.2. The fourth-order valence-corrected chi connectivity index (χ4v) is 5.05. The molecule has 1 fully saturated rings. The molecule has 3 nitrogen and oxygen atoms in total. The van der Waals surface area contributed by atoms with Crippen LogP contribution in [0.15, 0.2) is 85.1 Å². The highest BCUT2D eigenvalue weighted by molar-refractivity contribution is 5.87. The van der Waals surface area contributed by atoms with Gasteiger partial charge in [-0.25, -0.2) is 0 Å². The molecule has 2 heterocycles. The van der Waals surface area contributed by atoms with Crippen LogP contribution in [0.5, 0.6) is 0 Å². The van der Waals surface area contributed by atoms with Gasteiger partial charge in [0.15, 0.2) is 0 Å². The molecule has 0 spiro atoms. The molecule has 0 saturated carbocycles. The summed E-state index contributed by atoms with van der Waals surface area (Å²) in [5, 5.41) is 1.02. The van der Waals surface area contributed by atoms with Crippen molar-refractivity contribution in [3.05, 3.63) is 107 Å². The minimum absolute atomic E-state index is 0.0484. The van der Waals surface area contributed by atoms with Gasteiger partial charge in [0.2, 0.25) is 5.91 Å². The van der Waals surface area contributed by atoms with E-state index >= 15 is 0 Å². The van der Waals surface area contributed by atoms with Gasteiger partial charge in [0.1, 0.15) is 0 Å². The van der Waals surface area contributed by atoms with Crippen molar-refractivity contribution in [1.82, 2.24) is 9.47 Å². The first-order chi connectivity index (χ1) is 16.9. The number of carbonyl (C=O) groups is 1. The molecule has 1 aliphatic heterocycles. The molecule has 3 aromatic carbocycles. The Kier molecular flexibility index (Phi) is 6.37. The molecular weight excluding hydrogens is 449 g/mol. The van der Waals surface area contributed by atoms with E-state index in [2.05, 4.69) is 22.9 Å². The van der Waals surface area contributed by atoms with Gasteiger partial charge in [-0.15, -0.1) is 0 Å². The largest absolute Gasteiger partial charge is 0.416 e. The quantitative estimate of drug-likeness (QED) is 0.299. The van der Waals surface area contributed by atoms with Crippen LogP contribution in [0.1, 0.15) is 47.4 Å². The summed E-state index contributed by atoms with van der Waals surface area (Å²) in [6.07, 6.45) is -0.118. The molecule has 35 heavy (non-hydrogen) atoms. The highest BCUT2D eigenvalue weighted by Gasteiger charge is 2.31. The third-order valence-corrected chi connectivity index (χ3v) is 6.87. The molecule has 0 N–H and O–H groups in total. The number of fused-ring (bicyclic) bond motifs is 1. The van der Waals surface area contributed by atoms with Crippen molar-refractivity contribution in [2.75, 3.05) is 13.1 Å². The van der Waals surface area contributed by atoms with Crippen molar-refractivity contribution in [3.63, 3.8) is 0 Å². The normalized spacial score (nSPS) is 15.0. The average molecular weight is 477 g/mol. The number of halogens is 3. The molecule has 1 aromatic heterocycles. The first kappa shape index (κ1) is 23.2. The lowest BCUT2D eigenvalue weighted by Gasteiger charge is -2.22. The maximum atomic E-state index is 13.2. The lowest BCUT2D eigenvalue weighted by molar-refractivity contribution is -0.137. The molecule has 1 atom stereocenters. The van der Waals surface area contributed by atoms with E-state index in [0.29, 0.717) is 12.1 Å². The number of nitrogens with zero attached hydrogens (tertiary/aromatic N) is 2. The number of para-hydroxylation sites is 1. The number of hydrogen-bond acceptors (Lipinski definition) is 1. The van der Waals surface area contributed by atoms with Crippen LogP contribution >= 0.6 is 0 Å². The van der Waals surface area contributed by atoms with Crippen LogP contribution in [-0.2, 0) is 17.5 Å². The van der Waals surface area contributed by atoms with Gasteiger partial charge in [-0.05, 0) is 47.7 Å². The average Bonchev–Trinajstić information content (AvgIpc) is 3.52. The monoisotopic (exact) mass is 476 g/mol. The summed E-state index contributed by atoms with van der Waals surface area (Å²) in [6, 6.07) is 23.4. The third kappa shape index (κ3) is 4.97. The zero-order chi connectivity index (χ0) is 24.4. The van der Waals surface area contributed by atoms with Gasteiger partial charge in [-0.1, -0.05) is 60.7 Å². The lowest BCUT2D eigenvalue weighted by Crippen LogP contribution is -2.29.